The van der Waals surface area contributed by atoms with Gasteiger partial charge < -0.3 is 4.74 Å². The van der Waals surface area contributed by atoms with Gasteiger partial charge >= 0.3 is 0 Å². The molecule has 1 nitrogen and oxygen atoms in total. The second-order valence-electron chi connectivity index (χ2n) is 3.74. The molecule has 81 valence electrons. The summed E-state index contributed by atoms with van der Waals surface area (Å²) < 4.78 is 5.71. The van der Waals surface area contributed by atoms with Crippen molar-refractivity contribution in [3.8, 4) is 5.75 Å². The van der Waals surface area contributed by atoms with Crippen molar-refractivity contribution in [3.63, 3.8) is 0 Å². The molecule has 1 unspecified atom stereocenters. The van der Waals surface area contributed by atoms with E-state index in [0.717, 1.165) is 12.2 Å². The van der Waals surface area contributed by atoms with E-state index in [1.54, 1.807) is 0 Å². The molecule has 1 heteroatoms. The molecule has 0 heterocycles. The summed E-state index contributed by atoms with van der Waals surface area (Å²) >= 11 is 0. The van der Waals surface area contributed by atoms with Crippen molar-refractivity contribution in [3.05, 3.63) is 73.2 Å². The van der Waals surface area contributed by atoms with E-state index >= 15 is 0 Å². The summed E-state index contributed by atoms with van der Waals surface area (Å²) in [5.41, 5.74) is 1.25. The van der Waals surface area contributed by atoms with Crippen LogP contribution in [0.15, 0.2) is 60.7 Å². The monoisotopic (exact) mass is 211 g/mol. The third kappa shape index (κ3) is 3.13. The average molecular weight is 211 g/mol. The van der Waals surface area contributed by atoms with Crippen molar-refractivity contribution < 1.29 is 4.74 Å². The van der Waals surface area contributed by atoms with Crippen molar-refractivity contribution >= 4 is 0 Å². The maximum atomic E-state index is 5.71. The lowest BCUT2D eigenvalue weighted by Crippen LogP contribution is -2.15. The molecule has 1 atom stereocenters. The highest BCUT2D eigenvalue weighted by atomic mass is 16.5. The molecule has 0 saturated carbocycles. The van der Waals surface area contributed by atoms with Gasteiger partial charge in [-0.05, 0) is 24.6 Å². The minimum atomic E-state index is -0.0511. The third-order valence-electron chi connectivity index (χ3n) is 2.35. The second-order valence-corrected chi connectivity index (χ2v) is 3.74. The smallest absolute Gasteiger partial charge is 0.119 e. The Bertz CT molecular complexity index is 366. The molecule has 0 N–H and O–H groups in total. The molecule has 0 saturated heterocycles. The Morgan fingerprint density at radius 1 is 0.875 bits per heavy atom. The first-order valence-electron chi connectivity index (χ1n) is 5.43. The summed E-state index contributed by atoms with van der Waals surface area (Å²) in [5, 5.41) is 0. The molecule has 2 aromatic carbocycles. The Kier molecular flexibility index (Phi) is 3.60. The maximum absolute atomic E-state index is 5.71. The van der Waals surface area contributed by atoms with Gasteiger partial charge in [-0.15, -0.1) is 0 Å². The Hall–Kier alpha value is -1.76. The van der Waals surface area contributed by atoms with Crippen LogP contribution in [-0.4, -0.2) is 6.10 Å². The minimum Gasteiger partial charge on any atom is -0.490 e. The molecule has 0 amide bonds. The molecule has 0 aliphatic heterocycles. The number of hydrogen-bond donors (Lipinski definition) is 0. The zero-order valence-corrected chi connectivity index (χ0v) is 9.17. The summed E-state index contributed by atoms with van der Waals surface area (Å²) in [6.07, 6.45) is 0.778. The molecule has 0 aliphatic rings. The van der Waals surface area contributed by atoms with Gasteiger partial charge in [0, 0.05) is 6.42 Å². The van der Waals surface area contributed by atoms with Crippen LogP contribution in [0.2, 0.25) is 0 Å². The summed E-state index contributed by atoms with van der Waals surface area (Å²) in [4.78, 5) is 0. The highest BCUT2D eigenvalue weighted by Crippen LogP contribution is 2.13. The lowest BCUT2D eigenvalue weighted by molar-refractivity contribution is 0.247. The fourth-order valence-electron chi connectivity index (χ4n) is 1.61. The Balaban J connectivity index is 1.92. The standard InChI is InChI=1S/C15H15O/c1-13(12-14-8-4-2-5-9-14)16-15-10-6-3-7-11-15/h2-11,13H,1,12H2. The molecule has 0 aliphatic carbocycles. The molecule has 2 aromatic rings. The Labute approximate surface area is 96.7 Å². The normalized spacial score (nSPS) is 12.1. The van der Waals surface area contributed by atoms with Crippen molar-refractivity contribution in [2.45, 2.75) is 12.5 Å². The van der Waals surface area contributed by atoms with Crippen LogP contribution in [0.1, 0.15) is 5.56 Å². The largest absolute Gasteiger partial charge is 0.490 e. The molecule has 0 aromatic heterocycles. The van der Waals surface area contributed by atoms with E-state index in [0.29, 0.717) is 0 Å². The van der Waals surface area contributed by atoms with E-state index in [1.807, 2.05) is 48.5 Å². The topological polar surface area (TPSA) is 9.23 Å². The third-order valence-corrected chi connectivity index (χ3v) is 2.35. The summed E-state index contributed by atoms with van der Waals surface area (Å²) in [5.74, 6) is 0.874. The van der Waals surface area contributed by atoms with Crippen LogP contribution >= 0.6 is 0 Å². The zero-order valence-electron chi connectivity index (χ0n) is 9.17. The van der Waals surface area contributed by atoms with Gasteiger partial charge in [-0.25, -0.2) is 0 Å². The van der Waals surface area contributed by atoms with Crippen molar-refractivity contribution in [2.75, 3.05) is 0 Å². The highest BCUT2D eigenvalue weighted by Gasteiger charge is 2.04. The van der Waals surface area contributed by atoms with Gasteiger partial charge in [0.05, 0.1) is 0 Å². The maximum Gasteiger partial charge on any atom is 0.119 e. The number of para-hydroxylation sites is 1. The Morgan fingerprint density at radius 2 is 1.44 bits per heavy atom. The second kappa shape index (κ2) is 5.36. The van der Waals surface area contributed by atoms with E-state index in [2.05, 4.69) is 19.1 Å². The van der Waals surface area contributed by atoms with Gasteiger partial charge in [0.15, 0.2) is 0 Å². The molecular formula is C15H15O. The van der Waals surface area contributed by atoms with Crippen molar-refractivity contribution in [2.24, 2.45) is 0 Å². The van der Waals surface area contributed by atoms with Gasteiger partial charge in [-0.1, -0.05) is 48.5 Å². The van der Waals surface area contributed by atoms with Crippen LogP contribution in [0.3, 0.4) is 0 Å². The van der Waals surface area contributed by atoms with E-state index in [-0.39, 0.29) is 6.10 Å². The van der Waals surface area contributed by atoms with Crippen molar-refractivity contribution in [1.82, 2.24) is 0 Å². The van der Waals surface area contributed by atoms with Crippen LogP contribution in [0, 0.1) is 6.92 Å². The number of hydrogen-bond acceptors (Lipinski definition) is 1. The van der Waals surface area contributed by atoms with Crippen LogP contribution in [0.25, 0.3) is 0 Å². The predicted molar refractivity (Wildman–Crippen MR) is 66.4 cm³/mol. The van der Waals surface area contributed by atoms with Crippen LogP contribution in [-0.2, 0) is 6.42 Å². The van der Waals surface area contributed by atoms with Crippen LogP contribution in [0.4, 0.5) is 0 Å². The minimum absolute atomic E-state index is 0.0511. The van der Waals surface area contributed by atoms with Gasteiger partial charge in [0.1, 0.15) is 11.9 Å². The number of benzene rings is 2. The molecule has 0 spiro atoms. The fourth-order valence-corrected chi connectivity index (χ4v) is 1.61. The number of rotatable bonds is 4. The summed E-state index contributed by atoms with van der Waals surface area (Å²) in [6, 6.07) is 20.1. The lowest BCUT2D eigenvalue weighted by Gasteiger charge is -2.14. The molecule has 0 bridgehead atoms. The van der Waals surface area contributed by atoms with Crippen LogP contribution < -0.4 is 4.74 Å². The summed E-state index contributed by atoms with van der Waals surface area (Å²) in [7, 11) is 0. The summed E-state index contributed by atoms with van der Waals surface area (Å²) in [6.45, 7) is 4.01. The first kappa shape index (κ1) is 10.7. The first-order chi connectivity index (χ1) is 7.84. The molecular weight excluding hydrogens is 196 g/mol. The van der Waals surface area contributed by atoms with Gasteiger partial charge in [0.2, 0.25) is 0 Å². The Morgan fingerprint density at radius 3 is 2.06 bits per heavy atom. The van der Waals surface area contributed by atoms with E-state index in [9.17, 15) is 0 Å². The zero-order chi connectivity index (χ0) is 11.2. The fraction of sp³-hybridized carbons (Fsp3) is 0.133. The average Bonchev–Trinajstić information content (AvgIpc) is 2.31. The van der Waals surface area contributed by atoms with E-state index < -0.39 is 0 Å². The predicted octanol–water partition coefficient (Wildman–Crippen LogP) is 3.51. The van der Waals surface area contributed by atoms with E-state index in [1.165, 1.54) is 5.56 Å². The van der Waals surface area contributed by atoms with Gasteiger partial charge in [-0.3, -0.25) is 0 Å². The van der Waals surface area contributed by atoms with Crippen molar-refractivity contribution in [1.29, 1.82) is 0 Å². The molecule has 16 heavy (non-hydrogen) atoms. The quantitative estimate of drug-likeness (QED) is 0.752. The van der Waals surface area contributed by atoms with Gasteiger partial charge in [0.25, 0.3) is 0 Å². The molecule has 2 rings (SSSR count). The van der Waals surface area contributed by atoms with Gasteiger partial charge in [-0.2, -0.15) is 0 Å². The lowest BCUT2D eigenvalue weighted by atomic mass is 10.1. The SMILES string of the molecule is [CH2]C(Cc1ccccc1)Oc1ccccc1. The van der Waals surface area contributed by atoms with E-state index in [4.69, 9.17) is 4.74 Å². The highest BCUT2D eigenvalue weighted by molar-refractivity contribution is 5.22. The molecule has 1 radical (unpaired) electrons. The first-order valence-corrected chi connectivity index (χ1v) is 5.43. The number of ether oxygens (including phenoxy) is 1. The van der Waals surface area contributed by atoms with Crippen LogP contribution in [0.5, 0.6) is 5.75 Å². The molecule has 0 fully saturated rings.